The van der Waals surface area contributed by atoms with Crippen molar-refractivity contribution in [3.63, 3.8) is 0 Å². The quantitative estimate of drug-likeness (QED) is 0.517. The van der Waals surface area contributed by atoms with E-state index in [1.807, 2.05) is 0 Å². The summed E-state index contributed by atoms with van der Waals surface area (Å²) in [7, 11) is 1.56. The zero-order valence-electron chi connectivity index (χ0n) is 9.52. The molecule has 94 valence electrons. The smallest absolute Gasteiger partial charge is 0.227 e. The van der Waals surface area contributed by atoms with Gasteiger partial charge in [0.15, 0.2) is 0 Å². The minimum Gasteiger partial charge on any atom is -0.396 e. The highest BCUT2D eigenvalue weighted by Gasteiger charge is 2.32. The third-order valence-electron chi connectivity index (χ3n) is 2.65. The van der Waals surface area contributed by atoms with Crippen molar-refractivity contribution in [3.05, 3.63) is 0 Å². The van der Waals surface area contributed by atoms with Crippen LogP contribution >= 0.6 is 0 Å². The van der Waals surface area contributed by atoms with Crippen LogP contribution in [0.4, 0.5) is 0 Å². The number of nitrogens with two attached hydrogens (primary N) is 1. The maximum atomic E-state index is 11.8. The fourth-order valence-corrected chi connectivity index (χ4v) is 1.70. The fourth-order valence-electron chi connectivity index (χ4n) is 1.70. The second-order valence-electron chi connectivity index (χ2n) is 3.98. The van der Waals surface area contributed by atoms with Crippen LogP contribution in [-0.2, 0) is 14.3 Å². The van der Waals surface area contributed by atoms with E-state index < -0.39 is 0 Å². The summed E-state index contributed by atoms with van der Waals surface area (Å²) in [6.45, 7) is 1.19. The van der Waals surface area contributed by atoms with Crippen LogP contribution in [0, 0.1) is 5.92 Å². The van der Waals surface area contributed by atoms with Gasteiger partial charge in [0.25, 0.3) is 0 Å². The van der Waals surface area contributed by atoms with E-state index in [0.29, 0.717) is 26.2 Å². The summed E-state index contributed by atoms with van der Waals surface area (Å²) in [5, 5.41) is 11.6. The summed E-state index contributed by atoms with van der Waals surface area (Å²) in [5.74, 6) is -0.418. The lowest BCUT2D eigenvalue weighted by atomic mass is 10.0. The van der Waals surface area contributed by atoms with Crippen LogP contribution in [0.5, 0.6) is 0 Å². The number of aliphatic hydroxyl groups excluding tert-OH is 1. The van der Waals surface area contributed by atoms with Crippen LogP contribution in [0.1, 0.15) is 6.42 Å². The highest BCUT2D eigenvalue weighted by atomic mass is 16.5. The van der Waals surface area contributed by atoms with Gasteiger partial charge in [-0.25, -0.2) is 0 Å². The first-order chi connectivity index (χ1) is 7.69. The number of ether oxygens (including phenoxy) is 2. The molecule has 1 saturated heterocycles. The Hall–Kier alpha value is -0.690. The normalized spacial score (nSPS) is 26.7. The average Bonchev–Trinajstić information content (AvgIpc) is 2.65. The van der Waals surface area contributed by atoms with Crippen molar-refractivity contribution in [2.45, 2.75) is 18.5 Å². The molecule has 0 spiro atoms. The molecule has 0 bridgehead atoms. The molecule has 4 N–H and O–H groups in total. The van der Waals surface area contributed by atoms with E-state index in [-0.39, 0.29) is 30.5 Å². The highest BCUT2D eigenvalue weighted by Crippen LogP contribution is 2.12. The van der Waals surface area contributed by atoms with Crippen LogP contribution < -0.4 is 11.1 Å². The van der Waals surface area contributed by atoms with Crippen LogP contribution in [0.15, 0.2) is 0 Å². The van der Waals surface area contributed by atoms with Crippen molar-refractivity contribution in [2.24, 2.45) is 11.7 Å². The zero-order chi connectivity index (χ0) is 12.0. The molecule has 0 saturated carbocycles. The minimum absolute atomic E-state index is 0.0154. The third kappa shape index (κ3) is 3.71. The lowest BCUT2D eigenvalue weighted by Gasteiger charge is -2.20. The van der Waals surface area contributed by atoms with Gasteiger partial charge >= 0.3 is 0 Å². The first-order valence-electron chi connectivity index (χ1n) is 5.42. The van der Waals surface area contributed by atoms with E-state index >= 15 is 0 Å². The largest absolute Gasteiger partial charge is 0.396 e. The van der Waals surface area contributed by atoms with Gasteiger partial charge in [0.2, 0.25) is 5.91 Å². The maximum absolute atomic E-state index is 11.8. The number of carbonyl (C=O) groups is 1. The Morgan fingerprint density at radius 2 is 2.44 bits per heavy atom. The van der Waals surface area contributed by atoms with Gasteiger partial charge in [-0.15, -0.1) is 0 Å². The first-order valence-corrected chi connectivity index (χ1v) is 5.42. The van der Waals surface area contributed by atoms with Gasteiger partial charge < -0.3 is 25.6 Å². The maximum Gasteiger partial charge on any atom is 0.227 e. The monoisotopic (exact) mass is 232 g/mol. The molecule has 3 atom stereocenters. The first kappa shape index (κ1) is 13.4. The van der Waals surface area contributed by atoms with Crippen LogP contribution in [0.25, 0.3) is 0 Å². The number of hydrogen-bond acceptors (Lipinski definition) is 5. The number of nitrogens with one attached hydrogen (secondary N) is 1. The number of hydrogen-bond donors (Lipinski definition) is 3. The molecule has 1 heterocycles. The molecule has 0 radical (unpaired) electrons. The molecule has 1 aliphatic rings. The predicted octanol–water partition coefficient (Wildman–Crippen LogP) is -1.53. The minimum atomic E-state index is -0.293. The third-order valence-corrected chi connectivity index (χ3v) is 2.65. The molecular formula is C10H20N2O4. The zero-order valence-corrected chi connectivity index (χ0v) is 9.52. The van der Waals surface area contributed by atoms with Gasteiger partial charge in [-0.3, -0.25) is 4.79 Å². The van der Waals surface area contributed by atoms with Gasteiger partial charge in [-0.2, -0.15) is 0 Å². The van der Waals surface area contributed by atoms with E-state index in [4.69, 9.17) is 20.3 Å². The molecule has 6 nitrogen and oxygen atoms in total. The molecule has 6 heteroatoms. The highest BCUT2D eigenvalue weighted by molar-refractivity contribution is 5.80. The van der Waals surface area contributed by atoms with Crippen LogP contribution in [0.3, 0.4) is 0 Å². The number of carbonyl (C=O) groups excluding carboxylic acids is 1. The molecule has 3 unspecified atom stereocenters. The SMILES string of the molecule is COCC(CCO)NC(=O)C1COCC1N. The number of rotatable bonds is 6. The Kier molecular flexibility index (Phi) is 5.68. The molecule has 1 amide bonds. The predicted molar refractivity (Wildman–Crippen MR) is 57.8 cm³/mol. The van der Waals surface area contributed by atoms with Crippen LogP contribution in [0.2, 0.25) is 0 Å². The topological polar surface area (TPSA) is 93.8 Å². The standard InChI is InChI=1S/C10H20N2O4/c1-15-4-7(2-3-13)12-10(14)8-5-16-6-9(8)11/h7-9,13H,2-6,11H2,1H3,(H,12,14). The second kappa shape index (κ2) is 6.80. The Balaban J connectivity index is 2.40. The molecule has 1 aliphatic heterocycles. The van der Waals surface area contributed by atoms with Crippen molar-refractivity contribution in [2.75, 3.05) is 33.5 Å². The molecule has 0 aromatic rings. The Labute approximate surface area is 95.1 Å². The van der Waals surface area contributed by atoms with Crippen molar-refractivity contribution >= 4 is 5.91 Å². The van der Waals surface area contributed by atoms with Gasteiger partial charge in [0.1, 0.15) is 0 Å². The second-order valence-corrected chi connectivity index (χ2v) is 3.98. The summed E-state index contributed by atoms with van der Waals surface area (Å²) in [4.78, 5) is 11.8. The summed E-state index contributed by atoms with van der Waals surface area (Å²) in [5.41, 5.74) is 5.74. The Morgan fingerprint density at radius 3 is 2.94 bits per heavy atom. The molecule has 1 rings (SSSR count). The molecule has 0 aliphatic carbocycles. The fraction of sp³-hybridized carbons (Fsp3) is 0.900. The number of amides is 1. The van der Waals surface area contributed by atoms with Crippen LogP contribution in [-0.4, -0.2) is 56.6 Å². The number of methoxy groups -OCH3 is 1. The van der Waals surface area contributed by atoms with Gasteiger partial charge in [-0.1, -0.05) is 0 Å². The lowest BCUT2D eigenvalue weighted by molar-refractivity contribution is -0.126. The molecule has 0 aromatic heterocycles. The summed E-state index contributed by atoms with van der Waals surface area (Å²) >= 11 is 0. The summed E-state index contributed by atoms with van der Waals surface area (Å²) < 4.78 is 10.1. The summed E-state index contributed by atoms with van der Waals surface area (Å²) in [6, 6.07) is -0.410. The van der Waals surface area contributed by atoms with Crippen molar-refractivity contribution in [3.8, 4) is 0 Å². The van der Waals surface area contributed by atoms with Crippen molar-refractivity contribution in [1.29, 1.82) is 0 Å². The van der Waals surface area contributed by atoms with Gasteiger partial charge in [0.05, 0.1) is 31.8 Å². The van der Waals surface area contributed by atoms with E-state index in [2.05, 4.69) is 5.32 Å². The Morgan fingerprint density at radius 1 is 1.69 bits per heavy atom. The van der Waals surface area contributed by atoms with Crippen molar-refractivity contribution in [1.82, 2.24) is 5.32 Å². The molecule has 1 fully saturated rings. The van der Waals surface area contributed by atoms with Gasteiger partial charge in [-0.05, 0) is 6.42 Å². The van der Waals surface area contributed by atoms with Crippen molar-refractivity contribution < 1.29 is 19.4 Å². The molecule has 0 aromatic carbocycles. The van der Waals surface area contributed by atoms with E-state index in [0.717, 1.165) is 0 Å². The van der Waals surface area contributed by atoms with E-state index in [1.165, 1.54) is 0 Å². The lowest BCUT2D eigenvalue weighted by Crippen LogP contribution is -2.46. The Bertz CT molecular complexity index is 219. The van der Waals surface area contributed by atoms with E-state index in [9.17, 15) is 4.79 Å². The van der Waals surface area contributed by atoms with E-state index in [1.54, 1.807) is 7.11 Å². The average molecular weight is 232 g/mol. The van der Waals surface area contributed by atoms with Gasteiger partial charge in [0, 0.05) is 19.8 Å². The molecular weight excluding hydrogens is 212 g/mol. The number of aliphatic hydroxyl groups is 1. The summed E-state index contributed by atoms with van der Waals surface area (Å²) in [6.07, 6.45) is 0.475. The molecule has 16 heavy (non-hydrogen) atoms.